The monoisotopic (exact) mass is 861 g/mol. The van der Waals surface area contributed by atoms with E-state index in [1.165, 1.54) is 0 Å². The average Bonchev–Trinajstić information content (AvgIpc) is 0.832. The van der Waals surface area contributed by atoms with E-state index in [0.717, 1.165) is 0 Å². The molecule has 63 heavy (non-hydrogen) atoms. The van der Waals surface area contributed by atoms with Crippen LogP contribution in [0.1, 0.15) is 53.5 Å². The van der Waals surface area contributed by atoms with Gasteiger partial charge in [-0.05, 0) is 57.0 Å². The zero-order chi connectivity index (χ0) is 75.7. The van der Waals surface area contributed by atoms with E-state index >= 15 is 0 Å². The van der Waals surface area contributed by atoms with Crippen LogP contribution in [0.4, 0.5) is 0 Å². The highest BCUT2D eigenvalue weighted by Gasteiger charge is 2.41. The van der Waals surface area contributed by atoms with Gasteiger partial charge in [-0.25, -0.2) is 4.98 Å². The molecule has 5 nitrogen and oxygen atoms in total. The lowest BCUT2D eigenvalue weighted by molar-refractivity contribution is 0.952. The summed E-state index contributed by atoms with van der Waals surface area (Å²) in [7, 11) is -6.71. The summed E-state index contributed by atoms with van der Waals surface area (Å²) in [6.45, 7) is 0. The van der Waals surface area contributed by atoms with Crippen LogP contribution in [0.3, 0.4) is 0 Å². The Balaban J connectivity index is 1.42. The minimum atomic E-state index is -6.71. The number of nitrogens with zero attached hydrogens (tertiary/aromatic N) is 5. The van der Waals surface area contributed by atoms with Gasteiger partial charge in [0.05, 0.1) is 81.2 Å². The highest BCUT2D eigenvalue weighted by molar-refractivity contribution is 7.19. The summed E-state index contributed by atoms with van der Waals surface area (Å²) in [6, 6.07) is -47.0. The summed E-state index contributed by atoms with van der Waals surface area (Å²) >= 11 is 0. The molecule has 0 radical (unpaired) electrons. The van der Waals surface area contributed by atoms with Gasteiger partial charge in [0.2, 0.25) is 5.95 Å². The molecule has 0 aliphatic rings. The number of rotatable bonds is 8. The Hall–Kier alpha value is -8.19. The summed E-state index contributed by atoms with van der Waals surface area (Å²) < 4.78 is 362. The first kappa shape index (κ1) is 14.4. The van der Waals surface area contributed by atoms with Crippen LogP contribution in [-0.4, -0.2) is 32.2 Å². The van der Waals surface area contributed by atoms with Gasteiger partial charge in [0.1, 0.15) is 0 Å². The summed E-state index contributed by atoms with van der Waals surface area (Å²) in [6.07, 6.45) is 0. The van der Waals surface area contributed by atoms with Crippen molar-refractivity contribution in [3.8, 4) is 34.4 Å². The first-order valence-electron chi connectivity index (χ1n) is 37.7. The predicted molar refractivity (Wildman–Crippen MR) is 263 cm³/mol. The maximum atomic E-state index is 10.7. The topological polar surface area (TPSA) is 48.5 Å². The lowest BCUT2D eigenvalue weighted by Gasteiger charge is -2.34. The van der Waals surface area contributed by atoms with E-state index in [1.54, 1.807) is 0 Å². The third kappa shape index (κ3) is 5.87. The lowest BCUT2D eigenvalue weighted by Crippen LogP contribution is -2.74. The molecule has 0 spiro atoms. The molecule has 12 aromatic rings. The largest absolute Gasteiger partial charge is 0.309 e. The first-order chi connectivity index (χ1) is 47.5. The molecule has 12 rings (SSSR count). The van der Waals surface area contributed by atoms with Crippen molar-refractivity contribution in [1.82, 2.24) is 24.1 Å². The molecule has 3 aromatic heterocycles. The van der Waals surface area contributed by atoms with Gasteiger partial charge in [0.25, 0.3) is 0 Å². The molecule has 0 aliphatic heterocycles. The maximum absolute atomic E-state index is 10.7. The van der Waals surface area contributed by atoms with Crippen LogP contribution in [0.5, 0.6) is 0 Å². The molecular weight excluding hydrogens is 783 g/mol. The highest BCUT2D eigenvalue weighted by Crippen LogP contribution is 2.37. The van der Waals surface area contributed by atoms with Gasteiger partial charge in [-0.3, -0.25) is 4.57 Å². The third-order valence-corrected chi connectivity index (χ3v) is 13.9. The van der Waals surface area contributed by atoms with Gasteiger partial charge in [0.15, 0.2) is 19.7 Å². The molecule has 0 bridgehead atoms. The molecule has 0 aliphatic carbocycles. The molecule has 0 atom stereocenters. The highest BCUT2D eigenvalue weighted by atomic mass is 28.3. The molecule has 3 heterocycles. The number of benzene rings is 9. The lowest BCUT2D eigenvalue weighted by atomic mass is 10.1. The molecule has 9 aromatic carbocycles. The van der Waals surface area contributed by atoms with E-state index in [-0.39, 0.29) is 0 Å². The van der Waals surface area contributed by atoms with Crippen molar-refractivity contribution in [1.29, 1.82) is 0 Å². The standard InChI is InChI=1S/C57H39N5Si/c1-4-22-41(23-5-1)63(42-24-6-2-7-25-42,43-26-8-3-9-27-43)44-28-20-21-40(39-44)55-58-56(60-57(59-55)62-52-36-17-12-31-47(52)48-32-13-18-37-53(48)62)49-33-14-19-38-54(49)61-50-34-15-10-29-45(50)46-30-11-16-35-51(46)61/h1-39H/i1D,2D,3D,4D,5D,6D,7D,8D,9D,10D,11D,12D,13D,14D,15D,16D,17D,18D,19D,20D,21D,22D,23D,24D,25D,26D,27D,28D,29D,30D,31D,32D,33D,34D,35D,36D,37D,38D,39D. The van der Waals surface area contributed by atoms with Crippen molar-refractivity contribution in [2.24, 2.45) is 0 Å². The number of aromatic nitrogens is 5. The number of para-hydroxylation sites is 5. The van der Waals surface area contributed by atoms with Gasteiger partial charge in [-0.2, -0.15) is 9.97 Å². The van der Waals surface area contributed by atoms with E-state index in [1.807, 2.05) is 0 Å². The van der Waals surface area contributed by atoms with Crippen molar-refractivity contribution in [2.45, 2.75) is 0 Å². The Bertz CT molecular complexity index is 5560. The Labute approximate surface area is 420 Å². The SMILES string of the molecule is [2H]c1c([2H])c([2H])c([Si](c2c([2H])c([2H])c([2H])c([2H])c2[2H])(c2c([2H])c([2H])c([2H])c([2H])c2[2H])c2c([2H])c([2H])c([2H])c(-c3nc(-c4c([2H])c([2H])c([2H])c([2H])c4-n4c5c([2H])c([2H])c([2H])c([2H])c5c5c([2H])c([2H])c([2H])c([2H])c54)nc(-n4c5c([2H])c([2H])c([2H])c([2H])c5c5c([2H])c([2H])c([2H])c([2H])c54)n3)c2[2H])c([2H])c1[2H]. The van der Waals surface area contributed by atoms with Crippen molar-refractivity contribution in [3.05, 3.63) is 236 Å². The van der Waals surface area contributed by atoms with Gasteiger partial charge in [0, 0.05) is 32.7 Å². The zero-order valence-electron chi connectivity index (χ0n) is 70.2. The van der Waals surface area contributed by atoms with Gasteiger partial charge < -0.3 is 4.57 Å². The minimum absolute atomic E-state index is 0.563. The Morgan fingerprint density at radius 2 is 0.730 bits per heavy atom. The Kier molecular flexibility index (Phi) is 3.45. The fourth-order valence-corrected chi connectivity index (χ4v) is 10.9. The summed E-state index contributed by atoms with van der Waals surface area (Å²) in [5, 5.41) is -8.00. The third-order valence-electron chi connectivity index (χ3n) is 9.85. The molecule has 0 saturated heterocycles. The Morgan fingerprint density at radius 1 is 0.333 bits per heavy atom. The molecule has 0 unspecified atom stereocenters. The van der Waals surface area contributed by atoms with Crippen molar-refractivity contribution in [2.75, 3.05) is 0 Å². The zero-order valence-corrected chi connectivity index (χ0v) is 32.2. The van der Waals surface area contributed by atoms with E-state index < -0.39 is 342 Å². The molecule has 0 amide bonds. The summed E-state index contributed by atoms with van der Waals surface area (Å²) in [4.78, 5) is 13.7. The second-order valence-electron chi connectivity index (χ2n) is 13.1. The maximum Gasteiger partial charge on any atom is 0.238 e. The molecule has 0 fully saturated rings. The van der Waals surface area contributed by atoms with Crippen LogP contribution in [0.15, 0.2) is 236 Å². The number of hydrogen-bond acceptors (Lipinski definition) is 3. The fourth-order valence-electron chi connectivity index (χ4n) is 7.29. The molecule has 0 N–H and O–H groups in total. The van der Waals surface area contributed by atoms with Crippen LogP contribution in [0, 0.1) is 0 Å². The normalized spacial score (nSPS) is 20.5. The smallest absolute Gasteiger partial charge is 0.238 e. The molecule has 296 valence electrons. The quantitative estimate of drug-likeness (QED) is 0.113. The van der Waals surface area contributed by atoms with Crippen LogP contribution in [0.25, 0.3) is 78.0 Å². The molecule has 6 heteroatoms. The second kappa shape index (κ2) is 15.1. The number of hydrogen-bond donors (Lipinski definition) is 0. The van der Waals surface area contributed by atoms with Crippen LogP contribution in [-0.2, 0) is 0 Å². The fraction of sp³-hybridized carbons (Fsp3) is 0. The number of fused-ring (bicyclic) bond motifs is 6. The molecule has 0 saturated carbocycles. The van der Waals surface area contributed by atoms with Crippen LogP contribution >= 0.6 is 0 Å². The van der Waals surface area contributed by atoms with Gasteiger partial charge in [-0.1, -0.05) is 199 Å². The van der Waals surface area contributed by atoms with E-state index in [9.17, 15) is 26.0 Å². The van der Waals surface area contributed by atoms with E-state index in [0.29, 0.717) is 9.13 Å². The minimum Gasteiger partial charge on any atom is -0.309 e. The summed E-state index contributed by atoms with van der Waals surface area (Å²) in [5.41, 5.74) is -6.80. The van der Waals surface area contributed by atoms with Crippen LogP contribution in [0.2, 0.25) is 0 Å². The van der Waals surface area contributed by atoms with E-state index in [4.69, 9.17) is 27.4 Å². The van der Waals surface area contributed by atoms with Crippen molar-refractivity contribution in [3.63, 3.8) is 0 Å². The van der Waals surface area contributed by atoms with Crippen LogP contribution < -0.4 is 20.7 Å². The van der Waals surface area contributed by atoms with Gasteiger partial charge in [-0.15, -0.1) is 0 Å². The molecular formula is C57H39N5Si. The van der Waals surface area contributed by atoms with Crippen molar-refractivity contribution >= 4 is 72.4 Å². The summed E-state index contributed by atoms with van der Waals surface area (Å²) in [5.74, 6) is -3.84. The predicted octanol–water partition coefficient (Wildman–Crippen LogP) is 10.8. The Morgan fingerprint density at radius 3 is 1.24 bits per heavy atom. The average molecular weight is 861 g/mol. The van der Waals surface area contributed by atoms with Gasteiger partial charge >= 0.3 is 0 Å². The van der Waals surface area contributed by atoms with E-state index in [2.05, 4.69) is 15.0 Å². The van der Waals surface area contributed by atoms with Crippen molar-refractivity contribution < 1.29 is 53.5 Å². The second-order valence-corrected chi connectivity index (χ2v) is 16.6. The first-order valence-corrected chi connectivity index (χ1v) is 20.2.